The second kappa shape index (κ2) is 8.35. The van der Waals surface area contributed by atoms with Crippen LogP contribution in [0.3, 0.4) is 0 Å². The van der Waals surface area contributed by atoms with E-state index in [0.29, 0.717) is 30.2 Å². The van der Waals surface area contributed by atoms with Crippen LogP contribution in [0.1, 0.15) is 12.5 Å². The van der Waals surface area contributed by atoms with Crippen molar-refractivity contribution < 1.29 is 23.8 Å². The molecule has 24 heavy (non-hydrogen) atoms. The molecule has 7 heteroatoms. The number of hydrogen-bond donors (Lipinski definition) is 1. The van der Waals surface area contributed by atoms with Gasteiger partial charge >= 0.3 is 5.97 Å². The second-order valence-electron chi connectivity index (χ2n) is 5.26. The summed E-state index contributed by atoms with van der Waals surface area (Å²) in [6.45, 7) is 4.30. The first-order chi connectivity index (χ1) is 11.5. The minimum absolute atomic E-state index is 0.0431. The molecule has 1 aliphatic heterocycles. The Labute approximate surface area is 141 Å². The number of nitrogens with one attached hydrogen (secondary N) is 1. The van der Waals surface area contributed by atoms with Gasteiger partial charge in [-0.25, -0.2) is 0 Å². The normalized spacial score (nSPS) is 14.5. The monoisotopic (exact) mass is 334 g/mol. The third-order valence-corrected chi connectivity index (χ3v) is 3.58. The summed E-state index contributed by atoms with van der Waals surface area (Å²) in [6.07, 6.45) is 3.21. The smallest absolute Gasteiger partial charge is 0.308 e. The molecule has 7 nitrogen and oxygen atoms in total. The Morgan fingerprint density at radius 2 is 1.71 bits per heavy atom. The largest absolute Gasteiger partial charge is 0.493 e. The minimum atomic E-state index is -0.469. The highest BCUT2D eigenvalue weighted by Gasteiger charge is 2.16. The lowest BCUT2D eigenvalue weighted by atomic mass is 10.1. The molecule has 0 radical (unpaired) electrons. The van der Waals surface area contributed by atoms with E-state index in [-0.39, 0.29) is 11.7 Å². The van der Waals surface area contributed by atoms with E-state index in [1.54, 1.807) is 23.1 Å². The molecule has 1 heterocycles. The van der Waals surface area contributed by atoms with E-state index in [9.17, 15) is 9.59 Å². The van der Waals surface area contributed by atoms with Gasteiger partial charge in [-0.3, -0.25) is 9.59 Å². The summed E-state index contributed by atoms with van der Waals surface area (Å²) in [5, 5.41) is 3.20. The van der Waals surface area contributed by atoms with Crippen molar-refractivity contribution in [2.45, 2.75) is 6.92 Å². The number of methoxy groups -OCH3 is 2. The fourth-order valence-corrected chi connectivity index (χ4v) is 2.40. The third-order valence-electron chi connectivity index (χ3n) is 3.58. The SMILES string of the molecule is COc1cc(C=CC(=O)N2CCNCC2)cc(OC)c1OC(C)=O. The number of benzene rings is 1. The molecule has 1 aromatic carbocycles. The number of carbonyl (C=O) groups is 2. The van der Waals surface area contributed by atoms with Crippen molar-refractivity contribution in [1.29, 1.82) is 0 Å². The highest BCUT2D eigenvalue weighted by atomic mass is 16.6. The molecule has 1 N–H and O–H groups in total. The molecule has 1 saturated heterocycles. The lowest BCUT2D eigenvalue weighted by Crippen LogP contribution is -2.45. The predicted octanol–water partition coefficient (Wildman–Crippen LogP) is 1.07. The lowest BCUT2D eigenvalue weighted by Gasteiger charge is -2.26. The summed E-state index contributed by atoms with van der Waals surface area (Å²) in [7, 11) is 2.95. The fourth-order valence-electron chi connectivity index (χ4n) is 2.40. The van der Waals surface area contributed by atoms with Gasteiger partial charge < -0.3 is 24.4 Å². The lowest BCUT2D eigenvalue weighted by molar-refractivity contribution is -0.132. The zero-order valence-corrected chi connectivity index (χ0v) is 14.1. The zero-order valence-electron chi connectivity index (χ0n) is 14.1. The molecular weight excluding hydrogens is 312 g/mol. The van der Waals surface area contributed by atoms with E-state index < -0.39 is 5.97 Å². The molecule has 1 aliphatic rings. The van der Waals surface area contributed by atoms with Crippen LogP contribution in [0.25, 0.3) is 6.08 Å². The van der Waals surface area contributed by atoms with Gasteiger partial charge in [0, 0.05) is 39.2 Å². The average Bonchev–Trinajstić information content (AvgIpc) is 2.60. The summed E-state index contributed by atoms with van der Waals surface area (Å²) >= 11 is 0. The molecule has 1 fully saturated rings. The number of hydrogen-bond acceptors (Lipinski definition) is 6. The second-order valence-corrected chi connectivity index (χ2v) is 5.26. The number of piperazine rings is 1. The molecule has 1 aromatic rings. The summed E-state index contributed by atoms with van der Waals surface area (Å²) in [5.74, 6) is 0.429. The molecule has 0 aromatic heterocycles. The number of esters is 1. The van der Waals surface area contributed by atoms with Crippen LogP contribution in [0.4, 0.5) is 0 Å². The molecule has 0 saturated carbocycles. The molecule has 0 spiro atoms. The maximum absolute atomic E-state index is 12.2. The van der Waals surface area contributed by atoms with Crippen LogP contribution in [-0.4, -0.2) is 57.2 Å². The Hall–Kier alpha value is -2.54. The molecule has 2 rings (SSSR count). The van der Waals surface area contributed by atoms with Gasteiger partial charge in [-0.2, -0.15) is 0 Å². The number of nitrogens with zero attached hydrogens (tertiary/aromatic N) is 1. The summed E-state index contributed by atoms with van der Waals surface area (Å²) in [5.41, 5.74) is 0.711. The topological polar surface area (TPSA) is 77.1 Å². The Morgan fingerprint density at radius 3 is 2.21 bits per heavy atom. The first-order valence-electron chi connectivity index (χ1n) is 7.67. The van der Waals surface area contributed by atoms with E-state index >= 15 is 0 Å². The van der Waals surface area contributed by atoms with E-state index in [1.165, 1.54) is 27.2 Å². The maximum atomic E-state index is 12.2. The van der Waals surface area contributed by atoms with Crippen LogP contribution >= 0.6 is 0 Å². The first-order valence-corrected chi connectivity index (χ1v) is 7.67. The van der Waals surface area contributed by atoms with Gasteiger partial charge in [-0.05, 0) is 23.8 Å². The predicted molar refractivity (Wildman–Crippen MR) is 89.3 cm³/mol. The van der Waals surface area contributed by atoms with Crippen molar-refractivity contribution >= 4 is 18.0 Å². The molecule has 0 atom stereocenters. The minimum Gasteiger partial charge on any atom is -0.493 e. The molecule has 0 unspecified atom stereocenters. The van der Waals surface area contributed by atoms with Crippen LogP contribution in [0, 0.1) is 0 Å². The Morgan fingerprint density at radius 1 is 1.12 bits per heavy atom. The van der Waals surface area contributed by atoms with Crippen molar-refractivity contribution in [2.75, 3.05) is 40.4 Å². The highest BCUT2D eigenvalue weighted by molar-refractivity contribution is 5.92. The Kier molecular flexibility index (Phi) is 6.20. The van der Waals surface area contributed by atoms with Gasteiger partial charge in [0.1, 0.15) is 0 Å². The van der Waals surface area contributed by atoms with E-state index in [4.69, 9.17) is 14.2 Å². The fraction of sp³-hybridized carbons (Fsp3) is 0.412. The average molecular weight is 334 g/mol. The van der Waals surface area contributed by atoms with Gasteiger partial charge in [0.25, 0.3) is 0 Å². The van der Waals surface area contributed by atoms with Crippen LogP contribution < -0.4 is 19.5 Å². The van der Waals surface area contributed by atoms with Crippen molar-refractivity contribution in [3.05, 3.63) is 23.8 Å². The quantitative estimate of drug-likeness (QED) is 0.493. The van der Waals surface area contributed by atoms with Crippen molar-refractivity contribution in [1.82, 2.24) is 10.2 Å². The summed E-state index contributed by atoms with van der Waals surface area (Å²) in [4.78, 5) is 25.2. The van der Waals surface area contributed by atoms with E-state index in [2.05, 4.69) is 5.32 Å². The molecule has 1 amide bonds. The van der Waals surface area contributed by atoms with E-state index in [1.807, 2.05) is 0 Å². The van der Waals surface area contributed by atoms with Crippen LogP contribution in [0.2, 0.25) is 0 Å². The summed E-state index contributed by atoms with van der Waals surface area (Å²) in [6, 6.07) is 3.37. The van der Waals surface area contributed by atoms with Crippen LogP contribution in [0.15, 0.2) is 18.2 Å². The number of ether oxygens (including phenoxy) is 3. The highest BCUT2D eigenvalue weighted by Crippen LogP contribution is 2.39. The number of carbonyl (C=O) groups excluding carboxylic acids is 2. The van der Waals surface area contributed by atoms with Gasteiger partial charge in [0.2, 0.25) is 11.7 Å². The third kappa shape index (κ3) is 4.48. The Bertz CT molecular complexity index is 611. The summed E-state index contributed by atoms with van der Waals surface area (Å²) < 4.78 is 15.7. The number of rotatable bonds is 5. The van der Waals surface area contributed by atoms with Crippen LogP contribution in [0.5, 0.6) is 17.2 Å². The zero-order chi connectivity index (χ0) is 17.5. The van der Waals surface area contributed by atoms with Crippen molar-refractivity contribution in [3.8, 4) is 17.2 Å². The molecular formula is C17H22N2O5. The molecule has 130 valence electrons. The maximum Gasteiger partial charge on any atom is 0.308 e. The van der Waals surface area contributed by atoms with Crippen LogP contribution in [-0.2, 0) is 9.59 Å². The van der Waals surface area contributed by atoms with Gasteiger partial charge in [0.05, 0.1) is 14.2 Å². The van der Waals surface area contributed by atoms with Gasteiger partial charge in [-0.15, -0.1) is 0 Å². The first kappa shape index (κ1) is 17.8. The van der Waals surface area contributed by atoms with Gasteiger partial charge in [0.15, 0.2) is 11.5 Å². The van der Waals surface area contributed by atoms with Gasteiger partial charge in [-0.1, -0.05) is 0 Å². The Balaban J connectivity index is 2.22. The van der Waals surface area contributed by atoms with Crippen molar-refractivity contribution in [2.24, 2.45) is 0 Å². The molecule has 0 aliphatic carbocycles. The van der Waals surface area contributed by atoms with E-state index in [0.717, 1.165) is 13.1 Å². The standard InChI is InChI=1S/C17H22N2O5/c1-12(20)24-17-14(22-2)10-13(11-15(17)23-3)4-5-16(21)19-8-6-18-7-9-19/h4-5,10-11,18H,6-9H2,1-3H3. The number of amides is 1. The molecule has 0 bridgehead atoms. The van der Waals surface area contributed by atoms with Crippen molar-refractivity contribution in [3.63, 3.8) is 0 Å².